The molecule has 22 heavy (non-hydrogen) atoms. The van der Waals surface area contributed by atoms with E-state index < -0.39 is 0 Å². The molecule has 0 aromatic carbocycles. The molecule has 1 saturated carbocycles. The van der Waals surface area contributed by atoms with Gasteiger partial charge >= 0.3 is 0 Å². The largest absolute Gasteiger partial charge is 0.350 e. The number of pyridine rings is 1. The maximum atomic E-state index is 12.4. The molecule has 2 aliphatic rings. The maximum Gasteiger partial charge on any atom is 0.251 e. The van der Waals surface area contributed by atoms with Crippen molar-refractivity contribution >= 4 is 5.91 Å². The summed E-state index contributed by atoms with van der Waals surface area (Å²) < 4.78 is 0. The molecule has 0 unspecified atom stereocenters. The molecule has 1 amide bonds. The molecule has 4 heteroatoms. The van der Waals surface area contributed by atoms with Crippen LogP contribution in [0.25, 0.3) is 0 Å². The lowest BCUT2D eigenvalue weighted by molar-refractivity contribution is 0.0326. The van der Waals surface area contributed by atoms with Crippen LogP contribution in [0.4, 0.5) is 0 Å². The number of hydrogen-bond donors (Lipinski definition) is 1. The summed E-state index contributed by atoms with van der Waals surface area (Å²) in [6, 6.07) is 3.56. The van der Waals surface area contributed by atoms with E-state index in [4.69, 9.17) is 0 Å². The van der Waals surface area contributed by atoms with Crippen molar-refractivity contribution in [2.75, 3.05) is 19.6 Å². The van der Waals surface area contributed by atoms with Crippen molar-refractivity contribution in [3.63, 3.8) is 0 Å². The van der Waals surface area contributed by atoms with E-state index in [0.717, 1.165) is 6.54 Å². The van der Waals surface area contributed by atoms with Gasteiger partial charge in [-0.3, -0.25) is 14.7 Å². The average Bonchev–Trinajstić information content (AvgIpc) is 2.62. The van der Waals surface area contributed by atoms with Crippen LogP contribution in [-0.2, 0) is 0 Å². The van der Waals surface area contributed by atoms with Crippen molar-refractivity contribution in [1.29, 1.82) is 0 Å². The topological polar surface area (TPSA) is 45.2 Å². The van der Waals surface area contributed by atoms with E-state index in [2.05, 4.69) is 15.2 Å². The molecule has 3 rings (SSSR count). The van der Waals surface area contributed by atoms with Crippen molar-refractivity contribution in [3.8, 4) is 0 Å². The van der Waals surface area contributed by atoms with Crippen LogP contribution in [0.15, 0.2) is 24.5 Å². The average molecular weight is 301 g/mol. The van der Waals surface area contributed by atoms with E-state index in [-0.39, 0.29) is 11.4 Å². The summed E-state index contributed by atoms with van der Waals surface area (Å²) in [4.78, 5) is 19.0. The lowest BCUT2D eigenvalue weighted by Gasteiger charge is -2.48. The number of likely N-dealkylation sites (tertiary alicyclic amines) is 1. The molecule has 0 radical (unpaired) electrons. The Morgan fingerprint density at radius 3 is 2.36 bits per heavy atom. The summed E-state index contributed by atoms with van der Waals surface area (Å²) in [6.07, 6.45) is 13.7. The fraction of sp³-hybridized carbons (Fsp3) is 0.667. The Balaban J connectivity index is 1.66. The number of aromatic nitrogens is 1. The van der Waals surface area contributed by atoms with Gasteiger partial charge in [0, 0.05) is 30.0 Å². The standard InChI is InChI=1S/C18H27N3O/c22-17(16-7-11-19-12-8-16)20-15-18(9-3-1-4-10-18)21-13-5-2-6-14-21/h7-8,11-12H,1-6,9-10,13-15H2,(H,20,22). The number of nitrogens with one attached hydrogen (secondary N) is 1. The Morgan fingerprint density at radius 1 is 1.05 bits per heavy atom. The van der Waals surface area contributed by atoms with E-state index in [1.54, 1.807) is 24.5 Å². The number of rotatable bonds is 4. The molecule has 1 aliphatic carbocycles. The van der Waals surface area contributed by atoms with Gasteiger partial charge in [-0.1, -0.05) is 25.7 Å². The molecule has 2 heterocycles. The second-order valence-electron chi connectivity index (χ2n) is 6.75. The first-order chi connectivity index (χ1) is 10.8. The molecule has 1 aromatic heterocycles. The van der Waals surface area contributed by atoms with Crippen molar-refractivity contribution in [2.45, 2.75) is 56.9 Å². The summed E-state index contributed by atoms with van der Waals surface area (Å²) >= 11 is 0. The van der Waals surface area contributed by atoms with Crippen LogP contribution in [0.3, 0.4) is 0 Å². The molecule has 1 N–H and O–H groups in total. The molecule has 2 fully saturated rings. The molecule has 120 valence electrons. The fourth-order valence-electron chi connectivity index (χ4n) is 4.03. The minimum absolute atomic E-state index is 0.0318. The van der Waals surface area contributed by atoms with Gasteiger partial charge in [0.1, 0.15) is 0 Å². The Morgan fingerprint density at radius 2 is 1.68 bits per heavy atom. The quantitative estimate of drug-likeness (QED) is 0.930. The fourth-order valence-corrected chi connectivity index (χ4v) is 4.03. The highest BCUT2D eigenvalue weighted by Crippen LogP contribution is 2.35. The summed E-state index contributed by atoms with van der Waals surface area (Å²) in [5, 5.41) is 3.20. The minimum atomic E-state index is 0.0318. The highest BCUT2D eigenvalue weighted by molar-refractivity contribution is 5.94. The maximum absolute atomic E-state index is 12.4. The second kappa shape index (κ2) is 7.23. The van der Waals surface area contributed by atoms with Crippen molar-refractivity contribution in [2.24, 2.45) is 0 Å². The molecular weight excluding hydrogens is 274 g/mol. The number of carbonyl (C=O) groups is 1. The lowest BCUT2D eigenvalue weighted by atomic mass is 9.79. The Labute approximate surface area is 133 Å². The third kappa shape index (κ3) is 3.49. The molecule has 1 saturated heterocycles. The van der Waals surface area contributed by atoms with Gasteiger partial charge < -0.3 is 5.32 Å². The molecule has 4 nitrogen and oxygen atoms in total. The van der Waals surface area contributed by atoms with Crippen molar-refractivity contribution in [3.05, 3.63) is 30.1 Å². The van der Waals surface area contributed by atoms with Crippen LogP contribution < -0.4 is 5.32 Å². The van der Waals surface area contributed by atoms with Gasteiger partial charge in [0.15, 0.2) is 0 Å². The minimum Gasteiger partial charge on any atom is -0.350 e. The normalized spacial score (nSPS) is 22.2. The van der Waals surface area contributed by atoms with Crippen molar-refractivity contribution in [1.82, 2.24) is 15.2 Å². The van der Waals surface area contributed by atoms with Crippen molar-refractivity contribution < 1.29 is 4.79 Å². The van der Waals surface area contributed by atoms with Gasteiger partial charge in [-0.05, 0) is 50.9 Å². The first kappa shape index (κ1) is 15.5. The highest BCUT2D eigenvalue weighted by Gasteiger charge is 2.38. The summed E-state index contributed by atoms with van der Waals surface area (Å²) in [7, 11) is 0. The molecule has 1 aliphatic heterocycles. The number of carbonyl (C=O) groups excluding carboxylic acids is 1. The monoisotopic (exact) mass is 301 g/mol. The number of piperidine rings is 1. The lowest BCUT2D eigenvalue weighted by Crippen LogP contribution is -2.58. The summed E-state index contributed by atoms with van der Waals surface area (Å²) in [6.45, 7) is 3.18. The third-order valence-electron chi connectivity index (χ3n) is 5.33. The van der Waals surface area contributed by atoms with Gasteiger partial charge in [0.05, 0.1) is 0 Å². The molecule has 0 atom stereocenters. The number of hydrogen-bond acceptors (Lipinski definition) is 3. The zero-order chi connectivity index (χ0) is 15.3. The van der Waals surface area contributed by atoms with E-state index >= 15 is 0 Å². The van der Waals surface area contributed by atoms with Gasteiger partial charge in [0.25, 0.3) is 5.91 Å². The Hall–Kier alpha value is -1.42. The first-order valence-electron chi connectivity index (χ1n) is 8.73. The van der Waals surface area contributed by atoms with Gasteiger partial charge in [0.2, 0.25) is 0 Å². The SMILES string of the molecule is O=C(NCC1(N2CCCCC2)CCCCC1)c1ccncc1. The van der Waals surface area contributed by atoms with E-state index in [0.29, 0.717) is 5.56 Å². The summed E-state index contributed by atoms with van der Waals surface area (Å²) in [5.41, 5.74) is 0.904. The van der Waals surface area contributed by atoms with Crippen LogP contribution >= 0.6 is 0 Å². The third-order valence-corrected chi connectivity index (χ3v) is 5.33. The zero-order valence-corrected chi connectivity index (χ0v) is 13.4. The van der Waals surface area contributed by atoms with Crippen LogP contribution in [-0.4, -0.2) is 41.0 Å². The van der Waals surface area contributed by atoms with Crippen LogP contribution in [0.1, 0.15) is 61.7 Å². The number of amides is 1. The molecule has 0 spiro atoms. The Bertz CT molecular complexity index is 476. The van der Waals surface area contributed by atoms with Gasteiger partial charge in [-0.2, -0.15) is 0 Å². The first-order valence-corrected chi connectivity index (χ1v) is 8.73. The van der Waals surface area contributed by atoms with Crippen LogP contribution in [0.5, 0.6) is 0 Å². The van der Waals surface area contributed by atoms with Gasteiger partial charge in [-0.25, -0.2) is 0 Å². The Kier molecular flexibility index (Phi) is 5.08. The van der Waals surface area contributed by atoms with Crippen LogP contribution in [0, 0.1) is 0 Å². The highest BCUT2D eigenvalue weighted by atomic mass is 16.1. The van der Waals surface area contributed by atoms with E-state index in [9.17, 15) is 4.79 Å². The van der Waals surface area contributed by atoms with E-state index in [1.165, 1.54) is 64.5 Å². The predicted octanol–water partition coefficient (Wildman–Crippen LogP) is 3.00. The van der Waals surface area contributed by atoms with Gasteiger partial charge in [-0.15, -0.1) is 0 Å². The van der Waals surface area contributed by atoms with Crippen LogP contribution in [0.2, 0.25) is 0 Å². The molecule has 1 aromatic rings. The molecule has 0 bridgehead atoms. The molecular formula is C18H27N3O. The zero-order valence-electron chi connectivity index (χ0n) is 13.4. The summed E-state index contributed by atoms with van der Waals surface area (Å²) in [5.74, 6) is 0.0318. The number of nitrogens with zero attached hydrogens (tertiary/aromatic N) is 2. The smallest absolute Gasteiger partial charge is 0.251 e. The predicted molar refractivity (Wildman–Crippen MR) is 87.8 cm³/mol. The second-order valence-corrected chi connectivity index (χ2v) is 6.75. The van der Waals surface area contributed by atoms with E-state index in [1.807, 2.05) is 0 Å².